The Morgan fingerprint density at radius 2 is 1.89 bits per heavy atom. The van der Waals surface area contributed by atoms with Crippen LogP contribution in [0.15, 0.2) is 16.7 Å². The number of hydrogen-bond acceptors (Lipinski definition) is 5. The molecule has 27 heavy (non-hydrogen) atoms. The van der Waals surface area contributed by atoms with Crippen LogP contribution in [0.5, 0.6) is 0 Å². The number of hydrogen-bond donors (Lipinski definition) is 1. The lowest BCUT2D eigenvalue weighted by atomic mass is 9.77. The number of aromatic amines is 1. The zero-order valence-electron chi connectivity index (χ0n) is 15.7. The molecular formula is C20H25BrN2O4. The number of pyridine rings is 1. The van der Waals surface area contributed by atoms with E-state index in [2.05, 4.69) is 25.9 Å². The van der Waals surface area contributed by atoms with Gasteiger partial charge in [-0.25, -0.2) is 9.78 Å². The van der Waals surface area contributed by atoms with Crippen LogP contribution in [0.2, 0.25) is 0 Å². The maximum absolute atomic E-state index is 12.8. The predicted octanol–water partition coefficient (Wildman–Crippen LogP) is 4.73. The summed E-state index contributed by atoms with van der Waals surface area (Å²) in [5, 5.41) is 0.832. The highest BCUT2D eigenvalue weighted by Gasteiger charge is 2.35. The van der Waals surface area contributed by atoms with Crippen LogP contribution in [0, 0.1) is 5.92 Å². The molecule has 1 unspecified atom stereocenters. The lowest BCUT2D eigenvalue weighted by molar-refractivity contribution is -0.146. The molecule has 2 aromatic heterocycles. The number of nitrogens with one attached hydrogen (secondary N) is 1. The Morgan fingerprint density at radius 1 is 1.19 bits per heavy atom. The first kappa shape index (κ1) is 19.9. The summed E-state index contributed by atoms with van der Waals surface area (Å²) in [6.45, 7) is 4.24. The van der Waals surface area contributed by atoms with Gasteiger partial charge < -0.3 is 14.5 Å². The van der Waals surface area contributed by atoms with Gasteiger partial charge in [-0.05, 0) is 60.7 Å². The highest BCUT2D eigenvalue weighted by molar-refractivity contribution is 9.10. The van der Waals surface area contributed by atoms with Crippen molar-refractivity contribution in [2.75, 3.05) is 13.2 Å². The Labute approximate surface area is 167 Å². The number of H-pyrrole nitrogens is 1. The normalized spacial score (nSPS) is 16.3. The van der Waals surface area contributed by atoms with Crippen LogP contribution in [0.3, 0.4) is 0 Å². The molecule has 2 aromatic rings. The first-order valence-corrected chi connectivity index (χ1v) is 10.4. The second-order valence-corrected chi connectivity index (χ2v) is 7.59. The number of ether oxygens (including phenoxy) is 2. The average molecular weight is 437 g/mol. The standard InChI is InChI=1S/C20H25BrN2O4/c1-3-26-19(24)14-11-10-13-16(17(21)23-18(13)22-14)15(20(25)27-4-2)12-8-6-5-7-9-12/h10-12,15H,3-9H2,1-2H3,(H,22,23). The molecule has 1 aliphatic rings. The molecule has 0 aromatic carbocycles. The first-order chi connectivity index (χ1) is 13.1. The van der Waals surface area contributed by atoms with E-state index in [1.165, 1.54) is 6.42 Å². The van der Waals surface area contributed by atoms with E-state index in [1.54, 1.807) is 13.0 Å². The monoisotopic (exact) mass is 436 g/mol. The van der Waals surface area contributed by atoms with Crippen molar-refractivity contribution < 1.29 is 19.1 Å². The highest BCUT2D eigenvalue weighted by atomic mass is 79.9. The van der Waals surface area contributed by atoms with E-state index in [4.69, 9.17) is 9.47 Å². The molecule has 1 N–H and O–H groups in total. The quantitative estimate of drug-likeness (QED) is 0.661. The van der Waals surface area contributed by atoms with Crippen LogP contribution >= 0.6 is 15.9 Å². The molecule has 7 heteroatoms. The number of halogens is 1. The van der Waals surface area contributed by atoms with Crippen molar-refractivity contribution in [3.05, 3.63) is 28.0 Å². The molecule has 1 fully saturated rings. The minimum atomic E-state index is -0.458. The van der Waals surface area contributed by atoms with Gasteiger partial charge in [-0.2, -0.15) is 0 Å². The van der Waals surface area contributed by atoms with Gasteiger partial charge in [-0.1, -0.05) is 19.3 Å². The van der Waals surface area contributed by atoms with Gasteiger partial charge in [0.2, 0.25) is 0 Å². The summed E-state index contributed by atoms with van der Waals surface area (Å²) in [5.74, 6) is -0.747. The van der Waals surface area contributed by atoms with E-state index in [0.29, 0.717) is 18.9 Å². The van der Waals surface area contributed by atoms with Gasteiger partial charge in [-0.3, -0.25) is 4.79 Å². The maximum atomic E-state index is 12.8. The number of rotatable bonds is 6. The number of carbonyl (C=O) groups is 2. The summed E-state index contributed by atoms with van der Waals surface area (Å²) < 4.78 is 11.2. The minimum Gasteiger partial charge on any atom is -0.466 e. The highest BCUT2D eigenvalue weighted by Crippen LogP contribution is 2.42. The number of fused-ring (bicyclic) bond motifs is 1. The van der Waals surface area contributed by atoms with E-state index >= 15 is 0 Å². The molecule has 6 nitrogen and oxygen atoms in total. The minimum absolute atomic E-state index is 0.194. The molecular weight excluding hydrogens is 412 g/mol. The summed E-state index contributed by atoms with van der Waals surface area (Å²) in [4.78, 5) is 32.4. The first-order valence-electron chi connectivity index (χ1n) is 9.58. The third kappa shape index (κ3) is 4.18. The lowest BCUT2D eigenvalue weighted by Gasteiger charge is -2.29. The summed E-state index contributed by atoms with van der Waals surface area (Å²) in [6.07, 6.45) is 5.50. The third-order valence-corrected chi connectivity index (χ3v) is 5.73. The summed E-state index contributed by atoms with van der Waals surface area (Å²) in [7, 11) is 0. The van der Waals surface area contributed by atoms with Crippen molar-refractivity contribution in [2.45, 2.75) is 51.9 Å². The van der Waals surface area contributed by atoms with Crippen molar-refractivity contribution >= 4 is 38.9 Å². The molecule has 1 atom stereocenters. The van der Waals surface area contributed by atoms with E-state index in [1.807, 2.05) is 13.0 Å². The smallest absolute Gasteiger partial charge is 0.356 e. The largest absolute Gasteiger partial charge is 0.466 e. The fraction of sp³-hybridized carbons (Fsp3) is 0.550. The van der Waals surface area contributed by atoms with Gasteiger partial charge in [0, 0.05) is 10.9 Å². The van der Waals surface area contributed by atoms with Crippen molar-refractivity contribution in [2.24, 2.45) is 5.92 Å². The summed E-state index contributed by atoms with van der Waals surface area (Å²) in [5.41, 5.74) is 1.68. The third-order valence-electron chi connectivity index (χ3n) is 5.11. The van der Waals surface area contributed by atoms with E-state index < -0.39 is 5.97 Å². The fourth-order valence-electron chi connectivity index (χ4n) is 3.93. The Balaban J connectivity index is 2.04. The molecule has 0 spiro atoms. The average Bonchev–Trinajstić information content (AvgIpc) is 2.98. The second-order valence-electron chi connectivity index (χ2n) is 6.79. The van der Waals surface area contributed by atoms with Gasteiger partial charge in [0.05, 0.1) is 23.7 Å². The van der Waals surface area contributed by atoms with Crippen molar-refractivity contribution in [1.82, 2.24) is 9.97 Å². The van der Waals surface area contributed by atoms with E-state index in [-0.39, 0.29) is 23.5 Å². The van der Waals surface area contributed by atoms with Gasteiger partial charge in [-0.15, -0.1) is 0 Å². The van der Waals surface area contributed by atoms with Crippen molar-refractivity contribution in [1.29, 1.82) is 0 Å². The number of nitrogens with zero attached hydrogens (tertiary/aromatic N) is 1. The van der Waals surface area contributed by atoms with Crippen LogP contribution in [0.1, 0.15) is 67.9 Å². The van der Waals surface area contributed by atoms with Gasteiger partial charge in [0.1, 0.15) is 5.65 Å². The lowest BCUT2D eigenvalue weighted by Crippen LogP contribution is -2.26. The van der Waals surface area contributed by atoms with Crippen LogP contribution < -0.4 is 0 Å². The van der Waals surface area contributed by atoms with Crippen LogP contribution in [0.4, 0.5) is 0 Å². The van der Waals surface area contributed by atoms with E-state index in [0.717, 1.165) is 41.2 Å². The Hall–Kier alpha value is -1.89. The Morgan fingerprint density at radius 3 is 2.56 bits per heavy atom. The predicted molar refractivity (Wildman–Crippen MR) is 106 cm³/mol. The zero-order chi connectivity index (χ0) is 19.4. The van der Waals surface area contributed by atoms with E-state index in [9.17, 15) is 9.59 Å². The number of carbonyl (C=O) groups excluding carboxylic acids is 2. The number of aromatic nitrogens is 2. The van der Waals surface area contributed by atoms with Crippen LogP contribution in [-0.2, 0) is 14.3 Å². The molecule has 0 saturated heterocycles. The van der Waals surface area contributed by atoms with Crippen molar-refractivity contribution in [3.8, 4) is 0 Å². The molecule has 2 heterocycles. The molecule has 146 valence electrons. The SMILES string of the molecule is CCOC(=O)c1ccc2c(C(C(=O)OCC)C3CCCCC3)c(Br)[nH]c2n1. The molecule has 0 aliphatic heterocycles. The number of esters is 2. The molecule has 0 bridgehead atoms. The molecule has 3 rings (SSSR count). The van der Waals surface area contributed by atoms with Crippen LogP contribution in [0.25, 0.3) is 11.0 Å². The second kappa shape index (κ2) is 8.87. The molecule has 0 amide bonds. The van der Waals surface area contributed by atoms with Crippen LogP contribution in [-0.4, -0.2) is 35.1 Å². The maximum Gasteiger partial charge on any atom is 0.356 e. The summed E-state index contributed by atoms with van der Waals surface area (Å²) >= 11 is 3.57. The van der Waals surface area contributed by atoms with Gasteiger partial charge >= 0.3 is 11.9 Å². The van der Waals surface area contributed by atoms with Gasteiger partial charge in [0.15, 0.2) is 5.69 Å². The Bertz CT molecular complexity index is 827. The molecule has 1 saturated carbocycles. The fourth-order valence-corrected chi connectivity index (χ4v) is 4.58. The molecule has 1 aliphatic carbocycles. The zero-order valence-corrected chi connectivity index (χ0v) is 17.3. The molecule has 0 radical (unpaired) electrons. The topological polar surface area (TPSA) is 81.3 Å². The summed E-state index contributed by atoms with van der Waals surface area (Å²) in [6, 6.07) is 3.48. The van der Waals surface area contributed by atoms with Crippen molar-refractivity contribution in [3.63, 3.8) is 0 Å². The van der Waals surface area contributed by atoms with Gasteiger partial charge in [0.25, 0.3) is 0 Å². The Kier molecular flexibility index (Phi) is 6.52.